The lowest BCUT2D eigenvalue weighted by atomic mass is 9.99. The van der Waals surface area contributed by atoms with Crippen molar-refractivity contribution in [2.45, 2.75) is 18.7 Å². The van der Waals surface area contributed by atoms with Gasteiger partial charge in [0.1, 0.15) is 0 Å². The SMILES string of the molecule is CN1CCO[C@@H]([C@@H](NCc2cccnc2)c2ccc(Cl)cc2)C1. The molecule has 0 radical (unpaired) electrons. The molecule has 5 heteroatoms. The van der Waals surface area contributed by atoms with Gasteiger partial charge in [0.15, 0.2) is 0 Å². The Labute approximate surface area is 142 Å². The van der Waals surface area contributed by atoms with Crippen molar-refractivity contribution < 1.29 is 4.74 Å². The summed E-state index contributed by atoms with van der Waals surface area (Å²) >= 11 is 6.03. The van der Waals surface area contributed by atoms with Crippen molar-refractivity contribution >= 4 is 11.6 Å². The fourth-order valence-corrected chi connectivity index (χ4v) is 3.00. The van der Waals surface area contributed by atoms with E-state index in [4.69, 9.17) is 16.3 Å². The second kappa shape index (κ2) is 7.88. The molecule has 4 nitrogen and oxygen atoms in total. The summed E-state index contributed by atoms with van der Waals surface area (Å²) < 4.78 is 6.03. The Hall–Kier alpha value is -1.46. The predicted molar refractivity (Wildman–Crippen MR) is 92.5 cm³/mol. The molecule has 2 atom stereocenters. The number of hydrogen-bond donors (Lipinski definition) is 1. The van der Waals surface area contributed by atoms with Crippen LogP contribution >= 0.6 is 11.6 Å². The highest BCUT2D eigenvalue weighted by molar-refractivity contribution is 6.30. The van der Waals surface area contributed by atoms with Crippen LogP contribution in [0.15, 0.2) is 48.8 Å². The summed E-state index contributed by atoms with van der Waals surface area (Å²) in [5.41, 5.74) is 2.36. The van der Waals surface area contributed by atoms with Crippen LogP contribution in [0.25, 0.3) is 0 Å². The normalized spacial score (nSPS) is 20.3. The Bertz CT molecular complexity index is 605. The van der Waals surface area contributed by atoms with Gasteiger partial charge >= 0.3 is 0 Å². The van der Waals surface area contributed by atoms with Gasteiger partial charge in [-0.2, -0.15) is 0 Å². The summed E-state index contributed by atoms with van der Waals surface area (Å²) in [6.45, 7) is 3.41. The maximum absolute atomic E-state index is 6.03. The highest BCUT2D eigenvalue weighted by Gasteiger charge is 2.27. The molecule has 122 valence electrons. The van der Waals surface area contributed by atoms with Crippen LogP contribution in [-0.4, -0.2) is 42.7 Å². The molecule has 0 amide bonds. The van der Waals surface area contributed by atoms with Crippen molar-refractivity contribution in [1.82, 2.24) is 15.2 Å². The first-order valence-corrected chi connectivity index (χ1v) is 8.28. The lowest BCUT2D eigenvalue weighted by molar-refractivity contribution is -0.0396. The van der Waals surface area contributed by atoms with E-state index in [1.807, 2.05) is 24.4 Å². The summed E-state index contributed by atoms with van der Waals surface area (Å²) in [7, 11) is 2.13. The Morgan fingerprint density at radius 2 is 2.17 bits per heavy atom. The number of nitrogens with one attached hydrogen (secondary N) is 1. The lowest BCUT2D eigenvalue weighted by Crippen LogP contribution is -2.46. The molecular formula is C18H22ClN3O. The molecule has 1 aliphatic heterocycles. The smallest absolute Gasteiger partial charge is 0.0896 e. The number of likely N-dealkylation sites (N-methyl/N-ethyl adjacent to an activating group) is 1. The van der Waals surface area contributed by atoms with Gasteiger partial charge in [-0.25, -0.2) is 0 Å². The number of pyridine rings is 1. The zero-order chi connectivity index (χ0) is 16.1. The first-order chi connectivity index (χ1) is 11.2. The topological polar surface area (TPSA) is 37.4 Å². The van der Waals surface area contributed by atoms with Crippen molar-refractivity contribution in [1.29, 1.82) is 0 Å². The van der Waals surface area contributed by atoms with Crippen molar-refractivity contribution in [3.8, 4) is 0 Å². The summed E-state index contributed by atoms with van der Waals surface area (Å²) in [5, 5.41) is 4.38. The average molecular weight is 332 g/mol. The molecule has 0 unspecified atom stereocenters. The average Bonchev–Trinajstić information content (AvgIpc) is 2.58. The Kier molecular flexibility index (Phi) is 5.62. The van der Waals surface area contributed by atoms with Gasteiger partial charge in [0.2, 0.25) is 0 Å². The number of rotatable bonds is 5. The number of hydrogen-bond acceptors (Lipinski definition) is 4. The third-order valence-corrected chi connectivity index (χ3v) is 4.40. The third-order valence-electron chi connectivity index (χ3n) is 4.15. The summed E-state index contributed by atoms with van der Waals surface area (Å²) in [6, 6.07) is 12.2. The molecule has 1 aliphatic rings. The van der Waals surface area contributed by atoms with Gasteiger partial charge in [-0.15, -0.1) is 0 Å². The first-order valence-electron chi connectivity index (χ1n) is 7.90. The van der Waals surface area contributed by atoms with Gasteiger partial charge in [0, 0.05) is 37.1 Å². The van der Waals surface area contributed by atoms with Crippen LogP contribution in [0.1, 0.15) is 17.2 Å². The molecule has 0 aliphatic carbocycles. The van der Waals surface area contributed by atoms with E-state index in [-0.39, 0.29) is 12.1 Å². The molecule has 0 bridgehead atoms. The van der Waals surface area contributed by atoms with Gasteiger partial charge in [0.25, 0.3) is 0 Å². The van der Waals surface area contributed by atoms with Crippen molar-refractivity contribution in [3.05, 3.63) is 64.9 Å². The molecular weight excluding hydrogens is 310 g/mol. The number of nitrogens with zero attached hydrogens (tertiary/aromatic N) is 2. The Morgan fingerprint density at radius 3 is 2.87 bits per heavy atom. The molecule has 23 heavy (non-hydrogen) atoms. The maximum atomic E-state index is 6.03. The monoisotopic (exact) mass is 331 g/mol. The largest absolute Gasteiger partial charge is 0.374 e. The summed E-state index contributed by atoms with van der Waals surface area (Å²) in [4.78, 5) is 6.48. The van der Waals surface area contributed by atoms with Crippen LogP contribution in [0.5, 0.6) is 0 Å². The van der Waals surface area contributed by atoms with Crippen molar-refractivity contribution in [2.24, 2.45) is 0 Å². The second-order valence-corrected chi connectivity index (χ2v) is 6.38. The minimum atomic E-state index is 0.117. The molecule has 1 aromatic carbocycles. The zero-order valence-electron chi connectivity index (χ0n) is 13.3. The van der Waals surface area contributed by atoms with E-state index in [2.05, 4.69) is 40.4 Å². The minimum Gasteiger partial charge on any atom is -0.374 e. The van der Waals surface area contributed by atoms with E-state index < -0.39 is 0 Å². The fraction of sp³-hybridized carbons (Fsp3) is 0.389. The standard InChI is InChI=1S/C18H22ClN3O/c1-22-9-10-23-17(13-22)18(15-4-6-16(19)7-5-15)21-12-14-3-2-8-20-11-14/h2-8,11,17-18,21H,9-10,12-13H2,1H3/t17-,18+/m1/s1. The quantitative estimate of drug-likeness (QED) is 0.914. The number of halogens is 1. The van der Waals surface area contributed by atoms with Gasteiger partial charge < -0.3 is 15.0 Å². The molecule has 1 N–H and O–H groups in total. The third kappa shape index (κ3) is 4.52. The van der Waals surface area contributed by atoms with Gasteiger partial charge in [0.05, 0.1) is 18.8 Å². The molecule has 0 saturated carbocycles. The van der Waals surface area contributed by atoms with E-state index in [9.17, 15) is 0 Å². The van der Waals surface area contributed by atoms with Gasteiger partial charge in [-0.1, -0.05) is 29.8 Å². The lowest BCUT2D eigenvalue weighted by Gasteiger charge is -2.36. The molecule has 2 heterocycles. The van der Waals surface area contributed by atoms with E-state index in [1.165, 1.54) is 5.56 Å². The van der Waals surface area contributed by atoms with Crippen molar-refractivity contribution in [3.63, 3.8) is 0 Å². The summed E-state index contributed by atoms with van der Waals surface area (Å²) in [6.07, 6.45) is 3.80. The summed E-state index contributed by atoms with van der Waals surface area (Å²) in [5.74, 6) is 0. The van der Waals surface area contributed by atoms with Crippen LogP contribution in [0.2, 0.25) is 5.02 Å². The molecule has 1 aromatic heterocycles. The molecule has 2 aromatic rings. The predicted octanol–water partition coefficient (Wildman–Crippen LogP) is 2.90. The van der Waals surface area contributed by atoms with Crippen LogP contribution < -0.4 is 5.32 Å². The molecule has 1 fully saturated rings. The van der Waals surface area contributed by atoms with Gasteiger partial charge in [-0.3, -0.25) is 4.98 Å². The number of aromatic nitrogens is 1. The molecule has 3 rings (SSSR count). The van der Waals surface area contributed by atoms with Crippen LogP contribution in [-0.2, 0) is 11.3 Å². The fourth-order valence-electron chi connectivity index (χ4n) is 2.88. The van der Waals surface area contributed by atoms with E-state index in [0.29, 0.717) is 0 Å². The Morgan fingerprint density at radius 1 is 1.35 bits per heavy atom. The van der Waals surface area contributed by atoms with Crippen molar-refractivity contribution in [2.75, 3.05) is 26.7 Å². The van der Waals surface area contributed by atoms with E-state index >= 15 is 0 Å². The Balaban J connectivity index is 1.76. The maximum Gasteiger partial charge on any atom is 0.0896 e. The molecule has 1 saturated heterocycles. The van der Waals surface area contributed by atoms with E-state index in [0.717, 1.165) is 36.8 Å². The second-order valence-electron chi connectivity index (χ2n) is 5.94. The van der Waals surface area contributed by atoms with Crippen LogP contribution in [0.3, 0.4) is 0 Å². The van der Waals surface area contributed by atoms with Gasteiger partial charge in [-0.05, 0) is 36.4 Å². The minimum absolute atomic E-state index is 0.117. The number of ether oxygens (including phenoxy) is 1. The molecule has 0 spiro atoms. The number of morpholine rings is 1. The zero-order valence-corrected chi connectivity index (χ0v) is 14.0. The van der Waals surface area contributed by atoms with Crippen LogP contribution in [0, 0.1) is 0 Å². The first kappa shape index (κ1) is 16.4. The van der Waals surface area contributed by atoms with E-state index in [1.54, 1.807) is 6.20 Å². The van der Waals surface area contributed by atoms with Crippen LogP contribution in [0.4, 0.5) is 0 Å². The highest BCUT2D eigenvalue weighted by atomic mass is 35.5. The highest BCUT2D eigenvalue weighted by Crippen LogP contribution is 2.24. The number of benzene rings is 1.